The molecule has 13 heteroatoms. The van der Waals surface area contributed by atoms with Crippen molar-refractivity contribution in [2.24, 2.45) is 0 Å². The monoisotopic (exact) mass is 725 g/mol. The third-order valence-electron chi connectivity index (χ3n) is 9.02. The molecule has 0 saturated carbocycles. The molecule has 3 N–H and O–H groups in total. The lowest BCUT2D eigenvalue weighted by Crippen LogP contribution is -2.35. The topological polar surface area (TPSA) is 128 Å². The number of hydrogen-bond acceptors (Lipinski definition) is 10. The number of benzene rings is 3. The Morgan fingerprint density at radius 1 is 1.04 bits per heavy atom. The Bertz CT molecular complexity index is 2100. The number of halogens is 1. The van der Waals surface area contributed by atoms with Crippen molar-refractivity contribution in [1.29, 1.82) is 0 Å². The number of carbonyl (C=O) groups is 2. The summed E-state index contributed by atoms with van der Waals surface area (Å²) in [7, 11) is 0. The van der Waals surface area contributed by atoms with Crippen LogP contribution in [0.15, 0.2) is 60.7 Å². The van der Waals surface area contributed by atoms with Crippen molar-refractivity contribution in [3.63, 3.8) is 0 Å². The first-order valence-electron chi connectivity index (χ1n) is 16.9. The minimum Gasteiger partial charge on any atom is -0.491 e. The molecule has 0 radical (unpaired) electrons. The summed E-state index contributed by atoms with van der Waals surface area (Å²) in [5.41, 5.74) is 3.89. The van der Waals surface area contributed by atoms with Gasteiger partial charge in [-0.05, 0) is 79.6 Å². The summed E-state index contributed by atoms with van der Waals surface area (Å²) in [6, 6.07) is 18.1. The number of aryl methyl sites for hydroxylation is 1. The first kappa shape index (κ1) is 34.6. The summed E-state index contributed by atoms with van der Waals surface area (Å²) in [5.74, 6) is 4.33. The highest BCUT2D eigenvalue weighted by Crippen LogP contribution is 2.33. The van der Waals surface area contributed by atoms with E-state index in [2.05, 4.69) is 32.0 Å². The number of rotatable bonds is 10. The predicted octanol–water partition coefficient (Wildman–Crippen LogP) is 6.22. The number of carboxylic acid groups (broad SMARTS) is 1. The van der Waals surface area contributed by atoms with E-state index in [1.165, 1.54) is 28.7 Å². The second-order valence-electron chi connectivity index (χ2n) is 12.5. The molecule has 2 aliphatic heterocycles. The van der Waals surface area contributed by atoms with Crippen molar-refractivity contribution in [2.75, 3.05) is 43.0 Å². The molecular weight excluding hydrogens is 690 g/mol. The van der Waals surface area contributed by atoms with Gasteiger partial charge in [-0.1, -0.05) is 47.4 Å². The average Bonchev–Trinajstić information content (AvgIpc) is 3.75. The lowest BCUT2D eigenvalue weighted by Gasteiger charge is -2.29. The van der Waals surface area contributed by atoms with Crippen LogP contribution in [-0.4, -0.2) is 75.8 Å². The van der Waals surface area contributed by atoms with E-state index in [9.17, 15) is 24.2 Å². The van der Waals surface area contributed by atoms with Gasteiger partial charge in [0.05, 0.1) is 29.5 Å². The van der Waals surface area contributed by atoms with Gasteiger partial charge in [0.1, 0.15) is 0 Å². The van der Waals surface area contributed by atoms with Gasteiger partial charge in [-0.25, -0.2) is 19.2 Å². The van der Waals surface area contributed by atoms with Gasteiger partial charge in [0.25, 0.3) is 5.91 Å². The van der Waals surface area contributed by atoms with Crippen LogP contribution in [0.1, 0.15) is 61.7 Å². The van der Waals surface area contributed by atoms with Crippen LogP contribution in [0.4, 0.5) is 14.7 Å². The molecule has 1 amide bonds. The fraction of sp³-hybridized carbons (Fsp3) is 0.316. The molecular formula is C38H36FN5O5S2. The SMILES string of the molecule is O=C(Nc1nc2ccccc2s1)c1cccc2c1CN(c1nc(C(=O)O)c(CCCOc3ccc(C#CCN4CCC(O)CC4)cc3F)s1)CC2. The van der Waals surface area contributed by atoms with Gasteiger partial charge in [-0.15, -0.1) is 11.3 Å². The molecule has 2 aromatic heterocycles. The Morgan fingerprint density at radius 3 is 2.69 bits per heavy atom. The third kappa shape index (κ3) is 8.21. The molecule has 0 aliphatic carbocycles. The highest BCUT2D eigenvalue weighted by Gasteiger charge is 2.27. The minimum absolute atomic E-state index is 0.00231. The summed E-state index contributed by atoms with van der Waals surface area (Å²) in [5, 5.41) is 23.7. The molecule has 0 spiro atoms. The van der Waals surface area contributed by atoms with Gasteiger partial charge < -0.3 is 19.8 Å². The number of aliphatic hydroxyl groups is 1. The summed E-state index contributed by atoms with van der Waals surface area (Å²) in [6.45, 7) is 3.41. The number of nitrogens with one attached hydrogen (secondary N) is 1. The predicted molar refractivity (Wildman–Crippen MR) is 197 cm³/mol. The van der Waals surface area contributed by atoms with E-state index in [4.69, 9.17) is 4.74 Å². The van der Waals surface area contributed by atoms with E-state index < -0.39 is 11.8 Å². The van der Waals surface area contributed by atoms with E-state index in [0.29, 0.717) is 65.2 Å². The number of thiazole rings is 2. The highest BCUT2D eigenvalue weighted by atomic mass is 32.1. The molecule has 1 saturated heterocycles. The van der Waals surface area contributed by atoms with Crippen molar-refractivity contribution >= 4 is 55.0 Å². The molecule has 2 aliphatic rings. The standard InChI is InChI=1S/C38H36FN5O5S2/c39-29-22-24(6-4-17-43-18-15-26(45)16-19-43)12-13-31(29)49-21-5-11-33-34(36(47)48)41-38(51-33)44-20-14-25-7-3-8-27(28(25)23-44)35(46)42-37-40-30-9-1-2-10-32(30)50-37/h1-3,7-10,12-13,22,26,45H,5,11,14-21,23H2,(H,47,48)(H,40,42,46). The average molecular weight is 726 g/mol. The van der Waals surface area contributed by atoms with Crippen molar-refractivity contribution in [1.82, 2.24) is 14.9 Å². The molecule has 3 aromatic carbocycles. The first-order chi connectivity index (χ1) is 24.8. The van der Waals surface area contributed by atoms with E-state index in [1.54, 1.807) is 18.2 Å². The maximum absolute atomic E-state index is 14.8. The summed E-state index contributed by atoms with van der Waals surface area (Å²) >= 11 is 2.74. The van der Waals surface area contributed by atoms with Crippen molar-refractivity contribution in [3.8, 4) is 17.6 Å². The van der Waals surface area contributed by atoms with Gasteiger partial charge in [-0.2, -0.15) is 0 Å². The first-order valence-corrected chi connectivity index (χ1v) is 18.5. The Hall–Kier alpha value is -4.87. The van der Waals surface area contributed by atoms with E-state index in [1.807, 2.05) is 41.3 Å². The zero-order valence-corrected chi connectivity index (χ0v) is 29.4. The normalized spacial score (nSPS) is 14.9. The lowest BCUT2D eigenvalue weighted by molar-refractivity contribution is 0.0689. The quantitative estimate of drug-likeness (QED) is 0.114. The summed E-state index contributed by atoms with van der Waals surface area (Å²) in [4.78, 5) is 39.5. The Kier molecular flexibility index (Phi) is 10.6. The molecule has 1 fully saturated rings. The lowest BCUT2D eigenvalue weighted by atomic mass is 9.94. The van der Waals surface area contributed by atoms with Crippen LogP contribution in [0.3, 0.4) is 0 Å². The number of nitrogens with zero attached hydrogens (tertiary/aromatic N) is 4. The van der Waals surface area contributed by atoms with Gasteiger partial charge in [0.15, 0.2) is 27.5 Å². The number of piperidine rings is 1. The number of aromatic nitrogens is 2. The zero-order chi connectivity index (χ0) is 35.3. The molecule has 7 rings (SSSR count). The van der Waals surface area contributed by atoms with Crippen molar-refractivity contribution < 1.29 is 28.9 Å². The largest absolute Gasteiger partial charge is 0.491 e. The van der Waals surface area contributed by atoms with Crippen LogP contribution < -0.4 is 15.0 Å². The van der Waals surface area contributed by atoms with Crippen molar-refractivity contribution in [3.05, 3.63) is 99.3 Å². The zero-order valence-electron chi connectivity index (χ0n) is 27.7. The fourth-order valence-corrected chi connectivity index (χ4v) is 8.28. The smallest absolute Gasteiger partial charge is 0.355 e. The van der Waals surface area contributed by atoms with E-state index in [-0.39, 0.29) is 30.1 Å². The van der Waals surface area contributed by atoms with Crippen molar-refractivity contribution in [2.45, 2.75) is 44.8 Å². The minimum atomic E-state index is -1.11. The second kappa shape index (κ2) is 15.6. The van der Waals surface area contributed by atoms with Gasteiger partial charge in [0.2, 0.25) is 0 Å². The maximum atomic E-state index is 14.8. The number of carboxylic acids is 1. The molecule has 0 unspecified atom stereocenters. The number of fused-ring (bicyclic) bond motifs is 2. The number of ether oxygens (including phenoxy) is 1. The molecule has 4 heterocycles. The number of amides is 1. The number of hydrogen-bond donors (Lipinski definition) is 3. The molecule has 10 nitrogen and oxygen atoms in total. The van der Waals surface area contributed by atoms with Gasteiger partial charge >= 0.3 is 5.97 Å². The number of aromatic carboxylic acids is 1. The number of para-hydroxylation sites is 1. The molecule has 0 atom stereocenters. The van der Waals surface area contributed by atoms with Crippen LogP contribution in [0.25, 0.3) is 10.2 Å². The second-order valence-corrected chi connectivity index (χ2v) is 14.6. The molecule has 5 aromatic rings. The molecule has 262 valence electrons. The highest BCUT2D eigenvalue weighted by molar-refractivity contribution is 7.22. The van der Waals surface area contributed by atoms with E-state index >= 15 is 0 Å². The number of aliphatic hydroxyl groups excluding tert-OH is 1. The van der Waals surface area contributed by atoms with Crippen LogP contribution in [-0.2, 0) is 19.4 Å². The van der Waals surface area contributed by atoms with Crippen LogP contribution in [0.5, 0.6) is 5.75 Å². The summed E-state index contributed by atoms with van der Waals surface area (Å²) in [6.07, 6.45) is 2.80. The van der Waals surface area contributed by atoms with Gasteiger partial charge in [-0.3, -0.25) is 15.0 Å². The van der Waals surface area contributed by atoms with Crippen LogP contribution in [0.2, 0.25) is 0 Å². The number of carbonyl (C=O) groups excluding carboxylic acids is 1. The van der Waals surface area contributed by atoms with Gasteiger partial charge in [0, 0.05) is 42.2 Å². The Balaban J connectivity index is 0.959. The number of anilines is 2. The summed E-state index contributed by atoms with van der Waals surface area (Å²) < 4.78 is 21.5. The van der Waals surface area contributed by atoms with E-state index in [0.717, 1.165) is 47.3 Å². The molecule has 0 bridgehead atoms. The van der Waals surface area contributed by atoms with Crippen LogP contribution >= 0.6 is 22.7 Å². The Labute approximate surface area is 302 Å². The fourth-order valence-electron chi connectivity index (χ4n) is 6.30. The Morgan fingerprint density at radius 2 is 1.88 bits per heavy atom. The maximum Gasteiger partial charge on any atom is 0.355 e. The third-order valence-corrected chi connectivity index (χ3v) is 11.1. The number of likely N-dealkylation sites (tertiary alicyclic amines) is 1. The molecule has 51 heavy (non-hydrogen) atoms. The van der Waals surface area contributed by atoms with Crippen LogP contribution in [0, 0.1) is 17.7 Å².